The van der Waals surface area contributed by atoms with Crippen LogP contribution in [0.4, 0.5) is 11.4 Å². The average Bonchev–Trinajstić information content (AvgIpc) is 3.37. The number of carbonyl (C=O) groups is 1. The first-order chi connectivity index (χ1) is 19.2. The number of nitro benzene ring substituents is 1. The fourth-order valence-corrected chi connectivity index (χ4v) is 4.88. The molecule has 4 aromatic rings. The summed E-state index contributed by atoms with van der Waals surface area (Å²) >= 11 is 6.95. The Bertz CT molecular complexity index is 1750. The summed E-state index contributed by atoms with van der Waals surface area (Å²) in [7, 11) is 1.34. The number of nitrogens with zero attached hydrogens (tertiary/aromatic N) is 6. The molecule has 0 fully saturated rings. The lowest BCUT2D eigenvalue weighted by Crippen LogP contribution is -2.27. The van der Waals surface area contributed by atoms with Crippen LogP contribution in [0, 0.1) is 21.4 Å². The van der Waals surface area contributed by atoms with Crippen LogP contribution in [0.2, 0.25) is 0 Å². The predicted octanol–water partition coefficient (Wildman–Crippen LogP) is 5.53. The first-order valence-corrected chi connectivity index (χ1v) is 12.4. The Balaban J connectivity index is 1.53. The number of aliphatic imine (C=N–C) groups is 1. The number of amides is 1. The summed E-state index contributed by atoms with van der Waals surface area (Å²) in [4.78, 5) is 36.8. The number of nitro groups is 1. The van der Waals surface area contributed by atoms with Gasteiger partial charge in [0, 0.05) is 66.1 Å². The third-order valence-electron chi connectivity index (χ3n) is 6.54. The van der Waals surface area contributed by atoms with Gasteiger partial charge in [0.2, 0.25) is 5.91 Å². The second kappa shape index (κ2) is 10.6. The molecule has 10 nitrogen and oxygen atoms in total. The van der Waals surface area contributed by atoms with Crippen LogP contribution in [0.15, 0.2) is 78.2 Å². The van der Waals surface area contributed by atoms with Crippen molar-refractivity contribution in [3.63, 3.8) is 0 Å². The highest BCUT2D eigenvalue weighted by Crippen LogP contribution is 2.42. The molecule has 1 aliphatic heterocycles. The second-order valence-electron chi connectivity index (χ2n) is 9.00. The van der Waals surface area contributed by atoms with Crippen molar-refractivity contribution in [2.75, 3.05) is 12.0 Å². The van der Waals surface area contributed by atoms with Crippen molar-refractivity contribution in [2.45, 2.75) is 18.5 Å². The Kier molecular flexibility index (Phi) is 6.98. The number of aromatic nitrogens is 2. The summed E-state index contributed by atoms with van der Waals surface area (Å²) in [5.41, 5.74) is 3.54. The van der Waals surface area contributed by atoms with E-state index in [9.17, 15) is 20.2 Å². The Hall–Kier alpha value is -5.14. The molecule has 1 amide bonds. The predicted molar refractivity (Wildman–Crippen MR) is 151 cm³/mol. The molecule has 1 aliphatic rings. The lowest BCUT2D eigenvalue weighted by atomic mass is 9.95. The zero-order chi connectivity index (χ0) is 28.4. The number of hydrogen-bond donors (Lipinski definition) is 0. The zero-order valence-corrected chi connectivity index (χ0v) is 22.2. The molecule has 1 unspecified atom stereocenters. The maximum absolute atomic E-state index is 12.4. The summed E-state index contributed by atoms with van der Waals surface area (Å²) in [5, 5.41) is 21.9. The van der Waals surface area contributed by atoms with Crippen LogP contribution in [0.25, 0.3) is 16.5 Å². The number of rotatable bonds is 7. The number of hydrogen-bond acceptors (Lipinski definition) is 8. The third-order valence-corrected chi connectivity index (χ3v) is 6.97. The molecule has 0 spiro atoms. The van der Waals surface area contributed by atoms with E-state index in [-0.39, 0.29) is 22.9 Å². The summed E-state index contributed by atoms with van der Waals surface area (Å²) in [6, 6.07) is 15.8. The number of nitriles is 1. The Morgan fingerprint density at radius 3 is 2.62 bits per heavy atom. The van der Waals surface area contributed by atoms with Crippen molar-refractivity contribution in [1.82, 2.24) is 9.97 Å². The maximum atomic E-state index is 12.4. The smallest absolute Gasteiger partial charge is 0.311 e. The molecule has 198 valence electrons. The fourth-order valence-electron chi connectivity index (χ4n) is 4.58. The molecule has 11 heteroatoms. The van der Waals surface area contributed by atoms with Crippen molar-refractivity contribution >= 4 is 51.6 Å². The normalized spacial score (nSPS) is 15.9. The van der Waals surface area contributed by atoms with E-state index in [1.54, 1.807) is 47.6 Å². The lowest BCUT2D eigenvalue weighted by Gasteiger charge is -2.23. The molecular weight excluding hydrogens is 532 g/mol. The third kappa shape index (κ3) is 4.86. The minimum atomic E-state index is -1.29. The fraction of sp³-hybridized carbons (Fsp3) is 0.138. The number of halogens is 1. The van der Waals surface area contributed by atoms with Crippen LogP contribution in [-0.2, 0) is 16.3 Å². The Morgan fingerprint density at radius 1 is 1.23 bits per heavy atom. The van der Waals surface area contributed by atoms with Crippen LogP contribution in [0.1, 0.15) is 29.2 Å². The number of carbonyl (C=O) groups excluding carboxylic acids is 1. The van der Waals surface area contributed by atoms with E-state index >= 15 is 0 Å². The highest BCUT2D eigenvalue weighted by atomic mass is 35.5. The first-order valence-electron chi connectivity index (χ1n) is 12.0. The van der Waals surface area contributed by atoms with Gasteiger partial charge in [-0.15, -0.1) is 0 Å². The molecule has 0 saturated carbocycles. The van der Waals surface area contributed by atoms with Gasteiger partial charge in [-0.25, -0.2) is 0 Å². The largest absolute Gasteiger partial charge is 0.490 e. The van der Waals surface area contributed by atoms with Crippen LogP contribution < -0.4 is 9.64 Å². The SMILES string of the molecule is COc1cc2ncc(C#N)c(C3=CC(Cl)(c4ccc(N(Cc5cccnc5)C(C)=O)cc4)N=C3)c2cc1[N+](=O)[O-]. The molecule has 5 rings (SSSR count). The van der Waals surface area contributed by atoms with E-state index in [0.29, 0.717) is 39.8 Å². The number of allylic oxidation sites excluding steroid dienone is 1. The molecule has 2 aromatic carbocycles. The molecule has 0 bridgehead atoms. The molecule has 1 atom stereocenters. The van der Waals surface area contributed by atoms with Gasteiger partial charge in [0.25, 0.3) is 0 Å². The summed E-state index contributed by atoms with van der Waals surface area (Å²) in [5.74, 6) is -0.0674. The minimum absolute atomic E-state index is 0.0599. The Labute approximate surface area is 234 Å². The summed E-state index contributed by atoms with van der Waals surface area (Å²) < 4.78 is 5.17. The van der Waals surface area contributed by atoms with E-state index in [2.05, 4.69) is 21.0 Å². The maximum Gasteiger partial charge on any atom is 0.311 e. The van der Waals surface area contributed by atoms with Gasteiger partial charge < -0.3 is 9.64 Å². The van der Waals surface area contributed by atoms with Gasteiger partial charge in [-0.3, -0.25) is 29.9 Å². The molecule has 0 radical (unpaired) electrons. The van der Waals surface area contributed by atoms with Crippen LogP contribution in [-0.4, -0.2) is 34.1 Å². The molecule has 2 aromatic heterocycles. The topological polar surface area (TPSA) is 135 Å². The summed E-state index contributed by atoms with van der Waals surface area (Å²) in [6.07, 6.45) is 8.01. The van der Waals surface area contributed by atoms with Gasteiger partial charge in [0.15, 0.2) is 10.7 Å². The molecule has 3 heterocycles. The van der Waals surface area contributed by atoms with E-state index in [4.69, 9.17) is 16.3 Å². The Morgan fingerprint density at radius 2 is 2.00 bits per heavy atom. The highest BCUT2D eigenvalue weighted by molar-refractivity contribution is 6.30. The minimum Gasteiger partial charge on any atom is -0.490 e. The van der Waals surface area contributed by atoms with Crippen molar-refractivity contribution in [2.24, 2.45) is 4.99 Å². The summed E-state index contributed by atoms with van der Waals surface area (Å²) in [6.45, 7) is 1.86. The van der Waals surface area contributed by atoms with E-state index in [0.717, 1.165) is 5.56 Å². The number of anilines is 1. The number of ether oxygens (including phenoxy) is 1. The van der Waals surface area contributed by atoms with Crippen molar-refractivity contribution in [3.05, 3.63) is 106 Å². The van der Waals surface area contributed by atoms with Crippen LogP contribution in [0.5, 0.6) is 5.75 Å². The average molecular weight is 553 g/mol. The first kappa shape index (κ1) is 26.5. The van der Waals surface area contributed by atoms with Crippen molar-refractivity contribution in [3.8, 4) is 11.8 Å². The zero-order valence-electron chi connectivity index (χ0n) is 21.4. The van der Waals surface area contributed by atoms with Crippen LogP contribution in [0.3, 0.4) is 0 Å². The van der Waals surface area contributed by atoms with Gasteiger partial charge in [0.1, 0.15) is 6.07 Å². The quantitative estimate of drug-likeness (QED) is 0.127. The molecule has 0 N–H and O–H groups in total. The number of pyridine rings is 2. The number of methoxy groups -OCH3 is 1. The van der Waals surface area contributed by atoms with E-state index in [1.165, 1.54) is 38.6 Å². The van der Waals surface area contributed by atoms with Gasteiger partial charge >= 0.3 is 5.69 Å². The van der Waals surface area contributed by atoms with Crippen molar-refractivity contribution in [1.29, 1.82) is 5.26 Å². The lowest BCUT2D eigenvalue weighted by molar-refractivity contribution is -0.385. The standard InChI is InChI=1S/C29H21ClN6O4/c1-18(37)35(17-19-4-3-9-32-14-19)23-7-5-22(6-8-23)29(30)12-20(16-34-29)28-21(13-31)15-33-25-11-27(40-2)26(36(38)39)10-24(25)28/h3-12,14-16H,17H2,1-2H3. The van der Waals surface area contributed by atoms with Crippen molar-refractivity contribution < 1.29 is 14.5 Å². The van der Waals surface area contributed by atoms with Gasteiger partial charge in [-0.1, -0.05) is 29.8 Å². The molecule has 40 heavy (non-hydrogen) atoms. The molecule has 0 aliphatic carbocycles. The highest BCUT2D eigenvalue weighted by Gasteiger charge is 2.32. The monoisotopic (exact) mass is 552 g/mol. The van der Waals surface area contributed by atoms with E-state index in [1.807, 2.05) is 12.1 Å². The number of benzene rings is 2. The number of alkyl halides is 1. The molecule has 0 saturated heterocycles. The molecular formula is C29H21ClN6O4. The second-order valence-corrected chi connectivity index (χ2v) is 9.58. The van der Waals surface area contributed by atoms with Gasteiger partial charge in [0.05, 0.1) is 29.7 Å². The number of fused-ring (bicyclic) bond motifs is 1. The van der Waals surface area contributed by atoms with E-state index < -0.39 is 9.92 Å². The van der Waals surface area contributed by atoms with Crippen LogP contribution >= 0.6 is 11.6 Å². The van der Waals surface area contributed by atoms with Gasteiger partial charge in [-0.05, 0) is 35.4 Å². The van der Waals surface area contributed by atoms with Gasteiger partial charge in [-0.2, -0.15) is 5.26 Å².